The van der Waals surface area contributed by atoms with Gasteiger partial charge in [0.1, 0.15) is 6.17 Å². The van der Waals surface area contributed by atoms with Crippen LogP contribution in [0, 0.1) is 13.8 Å². The van der Waals surface area contributed by atoms with Crippen LogP contribution in [0.3, 0.4) is 0 Å². The zero-order valence-corrected chi connectivity index (χ0v) is 17.2. The molecule has 0 aliphatic carbocycles. The maximum absolute atomic E-state index is 12.5. The Hall–Kier alpha value is -1.53. The molecule has 0 aliphatic rings. The monoisotopic (exact) mass is 429 g/mol. The summed E-state index contributed by atoms with van der Waals surface area (Å²) < 4.78 is -1.81. The molecule has 0 aliphatic heterocycles. The minimum absolute atomic E-state index is 0.218. The molecule has 2 aromatic rings. The first-order valence-electron chi connectivity index (χ1n) is 7.74. The molecule has 0 radical (unpaired) electrons. The van der Waals surface area contributed by atoms with Crippen molar-refractivity contribution in [2.75, 3.05) is 5.32 Å². The van der Waals surface area contributed by atoms with Crippen LogP contribution in [0.25, 0.3) is 0 Å². The highest BCUT2D eigenvalue weighted by molar-refractivity contribution is 7.80. The van der Waals surface area contributed by atoms with Gasteiger partial charge in [0.05, 0.1) is 0 Å². The van der Waals surface area contributed by atoms with E-state index in [1.54, 1.807) is 12.1 Å². The Labute approximate surface area is 173 Å². The zero-order chi connectivity index (χ0) is 19.3. The van der Waals surface area contributed by atoms with Gasteiger partial charge in [-0.25, -0.2) is 0 Å². The number of carbonyl (C=O) groups excluding carboxylic acids is 1. The van der Waals surface area contributed by atoms with E-state index in [2.05, 4.69) is 16.0 Å². The zero-order valence-electron chi connectivity index (χ0n) is 14.1. The first-order chi connectivity index (χ1) is 12.2. The molecule has 0 saturated heterocycles. The van der Waals surface area contributed by atoms with E-state index in [-0.39, 0.29) is 11.0 Å². The fourth-order valence-corrected chi connectivity index (χ4v) is 2.73. The number of hydrogen-bond acceptors (Lipinski definition) is 2. The van der Waals surface area contributed by atoms with Crippen molar-refractivity contribution < 1.29 is 4.79 Å². The molecule has 8 heteroatoms. The van der Waals surface area contributed by atoms with Crippen molar-refractivity contribution >= 4 is 63.7 Å². The molecular weight excluding hydrogens is 413 g/mol. The number of amides is 1. The molecule has 1 amide bonds. The van der Waals surface area contributed by atoms with Crippen LogP contribution in [0.4, 0.5) is 5.69 Å². The highest BCUT2D eigenvalue weighted by Crippen LogP contribution is 2.29. The van der Waals surface area contributed by atoms with E-state index in [0.29, 0.717) is 5.56 Å². The first-order valence-corrected chi connectivity index (χ1v) is 9.28. The molecule has 4 nitrogen and oxygen atoms in total. The molecule has 1 unspecified atom stereocenters. The topological polar surface area (TPSA) is 53.2 Å². The number of nitrogens with one attached hydrogen (secondary N) is 3. The fourth-order valence-electron chi connectivity index (χ4n) is 2.17. The number of thiocarbonyl (C=S) groups is 1. The SMILES string of the molecule is Cc1ccc(NC(=S)NC(NC(=O)c2ccccc2C)C(Cl)(Cl)Cl)cc1. The van der Waals surface area contributed by atoms with Gasteiger partial charge in [0.2, 0.25) is 3.79 Å². The Balaban J connectivity index is 2.07. The van der Waals surface area contributed by atoms with Crippen molar-refractivity contribution in [3.63, 3.8) is 0 Å². The third kappa shape index (κ3) is 6.02. The molecule has 0 spiro atoms. The molecule has 2 aromatic carbocycles. The number of aryl methyl sites for hydroxylation is 2. The van der Waals surface area contributed by atoms with Gasteiger partial charge in [-0.2, -0.15) is 0 Å². The second kappa shape index (κ2) is 8.91. The Kier molecular flexibility index (Phi) is 7.12. The number of carbonyl (C=O) groups is 1. The van der Waals surface area contributed by atoms with Crippen LogP contribution >= 0.6 is 47.0 Å². The lowest BCUT2D eigenvalue weighted by atomic mass is 10.1. The van der Waals surface area contributed by atoms with E-state index < -0.39 is 9.96 Å². The Morgan fingerprint density at radius 1 is 1.00 bits per heavy atom. The normalized spacial score (nSPS) is 12.2. The van der Waals surface area contributed by atoms with Crippen LogP contribution in [0.2, 0.25) is 0 Å². The molecule has 3 N–H and O–H groups in total. The smallest absolute Gasteiger partial charge is 0.253 e. The third-order valence-corrected chi connectivity index (χ3v) is 4.45. The quantitative estimate of drug-likeness (QED) is 0.373. The van der Waals surface area contributed by atoms with Gasteiger partial charge in [-0.15, -0.1) is 0 Å². The maximum atomic E-state index is 12.5. The first kappa shape index (κ1) is 20.8. The number of hydrogen-bond donors (Lipinski definition) is 3. The van der Waals surface area contributed by atoms with E-state index in [0.717, 1.165) is 16.8 Å². The molecule has 26 heavy (non-hydrogen) atoms. The largest absolute Gasteiger partial charge is 0.339 e. The van der Waals surface area contributed by atoms with E-state index >= 15 is 0 Å². The molecule has 138 valence electrons. The van der Waals surface area contributed by atoms with E-state index in [9.17, 15) is 4.79 Å². The van der Waals surface area contributed by atoms with E-state index in [1.807, 2.05) is 50.2 Å². The molecule has 0 saturated carbocycles. The number of alkyl halides is 3. The van der Waals surface area contributed by atoms with Crippen molar-refractivity contribution in [1.29, 1.82) is 0 Å². The second-order valence-corrected chi connectivity index (χ2v) is 8.50. The van der Waals surface area contributed by atoms with Crippen LogP contribution < -0.4 is 16.0 Å². The van der Waals surface area contributed by atoms with Crippen molar-refractivity contribution in [3.05, 3.63) is 65.2 Å². The molecule has 1 atom stereocenters. The lowest BCUT2D eigenvalue weighted by Crippen LogP contribution is -2.56. The molecule has 0 bridgehead atoms. The molecular formula is C18H18Cl3N3OS. The average Bonchev–Trinajstić information content (AvgIpc) is 2.56. The van der Waals surface area contributed by atoms with E-state index in [1.165, 1.54) is 0 Å². The van der Waals surface area contributed by atoms with Gasteiger partial charge in [-0.1, -0.05) is 70.7 Å². The number of anilines is 1. The lowest BCUT2D eigenvalue weighted by molar-refractivity contribution is 0.0934. The highest BCUT2D eigenvalue weighted by Gasteiger charge is 2.35. The lowest BCUT2D eigenvalue weighted by Gasteiger charge is -2.28. The summed E-state index contributed by atoms with van der Waals surface area (Å²) >= 11 is 23.3. The minimum atomic E-state index is -1.81. The van der Waals surface area contributed by atoms with Gasteiger partial charge in [-0.05, 0) is 49.8 Å². The van der Waals surface area contributed by atoms with Gasteiger partial charge in [-0.3, -0.25) is 4.79 Å². The molecule has 0 fully saturated rings. The highest BCUT2D eigenvalue weighted by atomic mass is 35.6. The predicted molar refractivity (Wildman–Crippen MR) is 113 cm³/mol. The summed E-state index contributed by atoms with van der Waals surface area (Å²) in [5, 5.41) is 8.71. The Morgan fingerprint density at radius 2 is 1.62 bits per heavy atom. The number of rotatable bonds is 4. The minimum Gasteiger partial charge on any atom is -0.339 e. The van der Waals surface area contributed by atoms with Crippen molar-refractivity contribution in [2.24, 2.45) is 0 Å². The van der Waals surface area contributed by atoms with Crippen molar-refractivity contribution in [1.82, 2.24) is 10.6 Å². The summed E-state index contributed by atoms with van der Waals surface area (Å²) in [6, 6.07) is 14.8. The predicted octanol–water partition coefficient (Wildman–Crippen LogP) is 4.72. The summed E-state index contributed by atoms with van der Waals surface area (Å²) in [4.78, 5) is 12.5. The van der Waals surface area contributed by atoms with E-state index in [4.69, 9.17) is 47.0 Å². The summed E-state index contributed by atoms with van der Waals surface area (Å²) in [6.45, 7) is 3.82. The van der Waals surface area contributed by atoms with Gasteiger partial charge in [0, 0.05) is 11.3 Å². The van der Waals surface area contributed by atoms with Crippen molar-refractivity contribution in [3.8, 4) is 0 Å². The molecule has 0 aromatic heterocycles. The Morgan fingerprint density at radius 3 is 2.19 bits per heavy atom. The number of benzene rings is 2. The summed E-state index contributed by atoms with van der Waals surface area (Å²) in [7, 11) is 0. The third-order valence-electron chi connectivity index (χ3n) is 3.58. The van der Waals surface area contributed by atoms with Gasteiger partial charge >= 0.3 is 0 Å². The number of halogens is 3. The maximum Gasteiger partial charge on any atom is 0.253 e. The van der Waals surface area contributed by atoms with Gasteiger partial charge in [0.25, 0.3) is 5.91 Å². The van der Waals surface area contributed by atoms with Crippen LogP contribution in [0.1, 0.15) is 21.5 Å². The van der Waals surface area contributed by atoms with Crippen molar-refractivity contribution in [2.45, 2.75) is 23.8 Å². The van der Waals surface area contributed by atoms with Crippen LogP contribution in [0.5, 0.6) is 0 Å². The van der Waals surface area contributed by atoms with Gasteiger partial charge < -0.3 is 16.0 Å². The Bertz CT molecular complexity index is 791. The van der Waals surface area contributed by atoms with Crippen LogP contribution in [-0.4, -0.2) is 21.0 Å². The molecule has 0 heterocycles. The van der Waals surface area contributed by atoms with Gasteiger partial charge in [0.15, 0.2) is 5.11 Å². The average molecular weight is 431 g/mol. The summed E-state index contributed by atoms with van der Waals surface area (Å²) in [5.74, 6) is -0.370. The standard InChI is InChI=1S/C18H18Cl3N3OS/c1-11-7-9-13(10-8-11)22-17(26)24-16(18(19,20)21)23-15(25)14-6-4-3-5-12(14)2/h3-10,16H,1-2H3,(H,23,25)(H2,22,24,26). The molecule has 2 rings (SSSR count). The van der Waals surface area contributed by atoms with Crippen LogP contribution in [-0.2, 0) is 0 Å². The summed E-state index contributed by atoms with van der Waals surface area (Å²) in [5.41, 5.74) is 3.21. The summed E-state index contributed by atoms with van der Waals surface area (Å²) in [6.07, 6.45) is -1.02. The van der Waals surface area contributed by atoms with Crippen LogP contribution in [0.15, 0.2) is 48.5 Å². The second-order valence-electron chi connectivity index (χ2n) is 5.73. The fraction of sp³-hybridized carbons (Fsp3) is 0.222.